The average molecular weight is 465 g/mol. The number of nitrogens with one attached hydrogen (secondary N) is 3. The topological polar surface area (TPSA) is 79.0 Å². The number of amides is 1. The number of ether oxygens (including phenoxy) is 1. The SMILES string of the molecule is CCOc1cccc(C(=O)NC(=S)Nc2cccc(-c3nc4cc(Cl)c(C)cc4[nH]3)c2)c1. The first-order valence-corrected chi connectivity index (χ1v) is 10.8. The monoisotopic (exact) mass is 464 g/mol. The number of carbonyl (C=O) groups is 1. The van der Waals surface area contributed by atoms with Crippen LogP contribution in [-0.2, 0) is 0 Å². The number of benzene rings is 3. The third-order valence-electron chi connectivity index (χ3n) is 4.79. The molecule has 3 aromatic carbocycles. The minimum absolute atomic E-state index is 0.195. The summed E-state index contributed by atoms with van der Waals surface area (Å²) in [5, 5.41) is 6.62. The van der Waals surface area contributed by atoms with E-state index < -0.39 is 0 Å². The van der Waals surface area contributed by atoms with Crippen molar-refractivity contribution in [2.75, 3.05) is 11.9 Å². The number of aromatic amines is 1. The average Bonchev–Trinajstić information content (AvgIpc) is 3.17. The molecule has 1 heterocycles. The number of hydrogen-bond acceptors (Lipinski definition) is 4. The summed E-state index contributed by atoms with van der Waals surface area (Å²) in [6, 6.07) is 18.4. The van der Waals surface area contributed by atoms with Gasteiger partial charge in [-0.1, -0.05) is 29.8 Å². The van der Waals surface area contributed by atoms with Gasteiger partial charge in [-0.05, 0) is 74.1 Å². The number of anilines is 1. The number of H-pyrrole nitrogens is 1. The van der Waals surface area contributed by atoms with E-state index >= 15 is 0 Å². The van der Waals surface area contributed by atoms with Crippen LogP contribution in [0.25, 0.3) is 22.4 Å². The van der Waals surface area contributed by atoms with Gasteiger partial charge >= 0.3 is 0 Å². The molecular formula is C24H21ClN4O2S. The highest BCUT2D eigenvalue weighted by atomic mass is 35.5. The van der Waals surface area contributed by atoms with Crippen molar-refractivity contribution in [3.8, 4) is 17.1 Å². The first kappa shape index (κ1) is 21.8. The highest BCUT2D eigenvalue weighted by Crippen LogP contribution is 2.26. The second kappa shape index (κ2) is 9.38. The van der Waals surface area contributed by atoms with Crippen LogP contribution in [0, 0.1) is 6.92 Å². The summed E-state index contributed by atoms with van der Waals surface area (Å²) in [4.78, 5) is 20.5. The molecule has 8 heteroatoms. The van der Waals surface area contributed by atoms with Gasteiger partial charge in [0.25, 0.3) is 5.91 Å². The molecule has 0 aliphatic heterocycles. The van der Waals surface area contributed by atoms with Crippen LogP contribution in [0.1, 0.15) is 22.8 Å². The summed E-state index contributed by atoms with van der Waals surface area (Å²) in [5.41, 5.74) is 4.76. The lowest BCUT2D eigenvalue weighted by Gasteiger charge is -2.11. The van der Waals surface area contributed by atoms with Crippen molar-refractivity contribution in [3.63, 3.8) is 0 Å². The lowest BCUT2D eigenvalue weighted by molar-refractivity contribution is 0.0977. The molecule has 0 saturated heterocycles. The third-order valence-corrected chi connectivity index (χ3v) is 5.40. The molecule has 0 fully saturated rings. The molecule has 0 aliphatic rings. The molecule has 4 aromatic rings. The van der Waals surface area contributed by atoms with E-state index in [-0.39, 0.29) is 11.0 Å². The number of imidazole rings is 1. The number of aromatic nitrogens is 2. The van der Waals surface area contributed by atoms with Crippen molar-refractivity contribution in [1.82, 2.24) is 15.3 Å². The van der Waals surface area contributed by atoms with Crippen molar-refractivity contribution in [1.29, 1.82) is 0 Å². The fourth-order valence-electron chi connectivity index (χ4n) is 3.25. The lowest BCUT2D eigenvalue weighted by Crippen LogP contribution is -2.34. The first-order valence-electron chi connectivity index (χ1n) is 10.0. The second-order valence-corrected chi connectivity index (χ2v) is 7.97. The molecule has 162 valence electrons. The van der Waals surface area contributed by atoms with Gasteiger partial charge in [-0.2, -0.15) is 0 Å². The summed E-state index contributed by atoms with van der Waals surface area (Å²) in [5.74, 6) is 1.03. The zero-order valence-corrected chi connectivity index (χ0v) is 19.1. The summed E-state index contributed by atoms with van der Waals surface area (Å²) < 4.78 is 5.44. The number of nitrogens with zero attached hydrogens (tertiary/aromatic N) is 1. The number of hydrogen-bond donors (Lipinski definition) is 3. The van der Waals surface area contributed by atoms with E-state index in [9.17, 15) is 4.79 Å². The summed E-state index contributed by atoms with van der Waals surface area (Å²) in [7, 11) is 0. The number of carbonyl (C=O) groups excluding carboxylic acids is 1. The Morgan fingerprint density at radius 3 is 2.78 bits per heavy atom. The van der Waals surface area contributed by atoms with E-state index in [4.69, 9.17) is 28.6 Å². The summed E-state index contributed by atoms with van der Waals surface area (Å²) in [6.45, 7) is 4.37. The van der Waals surface area contributed by atoms with Crippen molar-refractivity contribution in [3.05, 3.63) is 76.8 Å². The van der Waals surface area contributed by atoms with Crippen LogP contribution in [0.3, 0.4) is 0 Å². The number of rotatable bonds is 5. The van der Waals surface area contributed by atoms with E-state index in [0.717, 1.165) is 27.8 Å². The molecule has 1 amide bonds. The van der Waals surface area contributed by atoms with Gasteiger partial charge in [-0.3, -0.25) is 10.1 Å². The van der Waals surface area contributed by atoms with Gasteiger partial charge in [-0.15, -0.1) is 0 Å². The third kappa shape index (κ3) is 4.90. The Labute approximate surface area is 196 Å². The largest absolute Gasteiger partial charge is 0.494 e. The molecule has 4 rings (SSSR count). The number of aryl methyl sites for hydroxylation is 1. The maximum absolute atomic E-state index is 12.5. The van der Waals surface area contributed by atoms with Crippen LogP contribution < -0.4 is 15.4 Å². The predicted molar refractivity (Wildman–Crippen MR) is 133 cm³/mol. The van der Waals surface area contributed by atoms with Gasteiger partial charge < -0.3 is 15.0 Å². The van der Waals surface area contributed by atoms with Crippen LogP contribution in [0.15, 0.2) is 60.7 Å². The normalized spacial score (nSPS) is 10.7. The molecule has 0 aliphatic carbocycles. The molecule has 0 spiro atoms. The van der Waals surface area contributed by atoms with E-state index in [2.05, 4.69) is 20.6 Å². The molecule has 3 N–H and O–H groups in total. The van der Waals surface area contributed by atoms with Gasteiger partial charge in [0, 0.05) is 21.8 Å². The van der Waals surface area contributed by atoms with Crippen molar-refractivity contribution in [2.24, 2.45) is 0 Å². The summed E-state index contributed by atoms with van der Waals surface area (Å²) in [6.07, 6.45) is 0. The minimum Gasteiger partial charge on any atom is -0.494 e. The summed E-state index contributed by atoms with van der Waals surface area (Å²) >= 11 is 11.5. The van der Waals surface area contributed by atoms with Crippen LogP contribution in [-0.4, -0.2) is 27.6 Å². The Hall–Kier alpha value is -3.42. The maximum atomic E-state index is 12.5. The smallest absolute Gasteiger partial charge is 0.257 e. The highest BCUT2D eigenvalue weighted by molar-refractivity contribution is 7.80. The fourth-order valence-corrected chi connectivity index (χ4v) is 3.62. The molecule has 0 radical (unpaired) electrons. The molecule has 32 heavy (non-hydrogen) atoms. The van der Waals surface area contributed by atoms with E-state index in [1.54, 1.807) is 24.3 Å². The minimum atomic E-state index is -0.315. The van der Waals surface area contributed by atoms with Gasteiger partial charge in [-0.25, -0.2) is 4.98 Å². The Morgan fingerprint density at radius 2 is 1.97 bits per heavy atom. The quantitative estimate of drug-likeness (QED) is 0.329. The van der Waals surface area contributed by atoms with Crippen LogP contribution in [0.2, 0.25) is 5.02 Å². The van der Waals surface area contributed by atoms with Crippen molar-refractivity contribution >= 4 is 51.6 Å². The molecule has 0 unspecified atom stereocenters. The van der Waals surface area contributed by atoms with Gasteiger partial charge in [0.2, 0.25) is 0 Å². The predicted octanol–water partition coefficient (Wildman–Crippen LogP) is 5.72. The zero-order valence-electron chi connectivity index (χ0n) is 17.5. The first-order chi connectivity index (χ1) is 15.4. The molecule has 1 aromatic heterocycles. The Kier molecular flexibility index (Phi) is 6.39. The van der Waals surface area contributed by atoms with Crippen LogP contribution in [0.4, 0.5) is 5.69 Å². The van der Waals surface area contributed by atoms with Crippen molar-refractivity contribution in [2.45, 2.75) is 13.8 Å². The van der Waals surface area contributed by atoms with Gasteiger partial charge in [0.15, 0.2) is 5.11 Å². The van der Waals surface area contributed by atoms with Crippen molar-refractivity contribution < 1.29 is 9.53 Å². The molecule has 0 atom stereocenters. The van der Waals surface area contributed by atoms with Crippen LogP contribution in [0.5, 0.6) is 5.75 Å². The van der Waals surface area contributed by atoms with E-state index in [1.165, 1.54) is 0 Å². The Balaban J connectivity index is 1.47. The zero-order chi connectivity index (χ0) is 22.7. The molecular weight excluding hydrogens is 444 g/mol. The maximum Gasteiger partial charge on any atom is 0.257 e. The second-order valence-electron chi connectivity index (χ2n) is 7.15. The standard InChI is InChI=1S/C24H21ClN4O2S/c1-3-31-18-9-5-7-16(12-18)23(30)29-24(32)26-17-8-4-6-15(11-17)22-27-20-10-14(2)19(25)13-21(20)28-22/h4-13H,3H2,1-2H3,(H,27,28)(H2,26,29,30,32). The molecule has 0 saturated carbocycles. The van der Waals surface area contributed by atoms with Gasteiger partial charge in [0.1, 0.15) is 11.6 Å². The lowest BCUT2D eigenvalue weighted by atomic mass is 10.2. The van der Waals surface area contributed by atoms with E-state index in [0.29, 0.717) is 28.8 Å². The number of thiocarbonyl (C=S) groups is 1. The Bertz CT molecular complexity index is 1280. The number of fused-ring (bicyclic) bond motifs is 1. The Morgan fingerprint density at radius 1 is 1.16 bits per heavy atom. The van der Waals surface area contributed by atoms with Crippen LogP contribution >= 0.6 is 23.8 Å². The fraction of sp³-hybridized carbons (Fsp3) is 0.125. The number of halogens is 1. The molecule has 0 bridgehead atoms. The van der Waals surface area contributed by atoms with E-state index in [1.807, 2.05) is 50.2 Å². The van der Waals surface area contributed by atoms with Gasteiger partial charge in [0.05, 0.1) is 17.6 Å². The highest BCUT2D eigenvalue weighted by Gasteiger charge is 2.11. The molecule has 6 nitrogen and oxygen atoms in total.